The van der Waals surface area contributed by atoms with Gasteiger partial charge in [-0.1, -0.05) is 47.5 Å². The third-order valence-corrected chi connectivity index (χ3v) is 3.79. The van der Waals surface area contributed by atoms with Crippen LogP contribution in [0.25, 0.3) is 6.08 Å². The average molecular weight is 352 g/mol. The number of hydrogen-bond donors (Lipinski definition) is 2. The predicted molar refractivity (Wildman–Crippen MR) is 103 cm³/mol. The lowest BCUT2D eigenvalue weighted by Crippen LogP contribution is -2.36. The first-order valence-corrected chi connectivity index (χ1v) is 8.43. The fraction of sp³-hybridized carbons (Fsp3) is 0.238. The number of ether oxygens (including phenoxy) is 1. The maximum atomic E-state index is 12.5. The molecule has 0 atom stereocenters. The summed E-state index contributed by atoms with van der Waals surface area (Å²) in [6.45, 7) is 4.70. The zero-order chi connectivity index (χ0) is 18.9. The smallest absolute Gasteiger partial charge is 0.267 e. The second-order valence-corrected chi connectivity index (χ2v) is 6.04. The van der Waals surface area contributed by atoms with Gasteiger partial charge in [-0.2, -0.15) is 0 Å². The van der Waals surface area contributed by atoms with E-state index in [-0.39, 0.29) is 17.5 Å². The topological polar surface area (TPSA) is 67.4 Å². The highest BCUT2D eigenvalue weighted by atomic mass is 16.5. The second-order valence-electron chi connectivity index (χ2n) is 6.04. The molecular formula is C21H24N2O3. The number of methoxy groups -OCH3 is 1. The monoisotopic (exact) mass is 352 g/mol. The van der Waals surface area contributed by atoms with E-state index < -0.39 is 0 Å². The first-order valence-electron chi connectivity index (χ1n) is 8.43. The molecular weight excluding hydrogens is 328 g/mol. The Kier molecular flexibility index (Phi) is 7.12. The average Bonchev–Trinajstić information content (AvgIpc) is 2.63. The summed E-state index contributed by atoms with van der Waals surface area (Å²) in [5, 5.41) is 5.45. The summed E-state index contributed by atoms with van der Waals surface area (Å²) in [6.07, 6.45) is 1.66. The highest BCUT2D eigenvalue weighted by Crippen LogP contribution is 2.09. The molecule has 26 heavy (non-hydrogen) atoms. The van der Waals surface area contributed by atoms with Crippen molar-refractivity contribution in [3.05, 3.63) is 76.5 Å². The Morgan fingerprint density at radius 3 is 2.12 bits per heavy atom. The molecule has 0 unspecified atom stereocenters. The van der Waals surface area contributed by atoms with Gasteiger partial charge in [0.1, 0.15) is 5.70 Å². The van der Waals surface area contributed by atoms with Gasteiger partial charge in [-0.25, -0.2) is 0 Å². The van der Waals surface area contributed by atoms with E-state index >= 15 is 0 Å². The summed E-state index contributed by atoms with van der Waals surface area (Å²) in [4.78, 5) is 24.9. The van der Waals surface area contributed by atoms with Gasteiger partial charge in [0.2, 0.25) is 0 Å². The largest absolute Gasteiger partial charge is 0.383 e. The van der Waals surface area contributed by atoms with E-state index in [0.29, 0.717) is 18.7 Å². The molecule has 0 radical (unpaired) electrons. The molecule has 5 heteroatoms. The minimum Gasteiger partial charge on any atom is -0.383 e. The van der Waals surface area contributed by atoms with Crippen LogP contribution in [-0.2, 0) is 9.53 Å². The van der Waals surface area contributed by atoms with Crippen LogP contribution in [0.5, 0.6) is 0 Å². The summed E-state index contributed by atoms with van der Waals surface area (Å²) in [7, 11) is 1.56. The molecule has 0 aliphatic carbocycles. The molecule has 5 nitrogen and oxygen atoms in total. The van der Waals surface area contributed by atoms with E-state index in [1.807, 2.05) is 50.2 Å². The van der Waals surface area contributed by atoms with Crippen molar-refractivity contribution in [2.24, 2.45) is 0 Å². The van der Waals surface area contributed by atoms with Crippen LogP contribution in [0.3, 0.4) is 0 Å². The van der Waals surface area contributed by atoms with E-state index in [0.717, 1.165) is 16.7 Å². The summed E-state index contributed by atoms with van der Waals surface area (Å²) in [6, 6.07) is 14.9. The van der Waals surface area contributed by atoms with Crippen molar-refractivity contribution in [1.82, 2.24) is 10.6 Å². The fourth-order valence-electron chi connectivity index (χ4n) is 2.25. The van der Waals surface area contributed by atoms with Crippen molar-refractivity contribution in [2.75, 3.05) is 20.3 Å². The lowest BCUT2D eigenvalue weighted by Gasteiger charge is -2.11. The molecule has 2 rings (SSSR count). The normalized spacial score (nSPS) is 11.1. The van der Waals surface area contributed by atoms with Gasteiger partial charge in [-0.05, 0) is 37.6 Å². The van der Waals surface area contributed by atoms with Crippen LogP contribution < -0.4 is 10.6 Å². The molecule has 2 aromatic rings. The van der Waals surface area contributed by atoms with E-state index in [1.165, 1.54) is 0 Å². The summed E-state index contributed by atoms with van der Waals surface area (Å²) < 4.78 is 4.94. The molecule has 0 heterocycles. The predicted octanol–water partition coefficient (Wildman–Crippen LogP) is 2.84. The molecule has 2 N–H and O–H groups in total. The van der Waals surface area contributed by atoms with Gasteiger partial charge in [0.05, 0.1) is 6.61 Å². The number of carbonyl (C=O) groups excluding carboxylic acids is 2. The molecule has 0 saturated carbocycles. The van der Waals surface area contributed by atoms with E-state index in [4.69, 9.17) is 4.74 Å². The van der Waals surface area contributed by atoms with Crippen molar-refractivity contribution in [3.8, 4) is 0 Å². The number of benzene rings is 2. The standard InChI is InChI=1S/C21H24N2O3/c1-15-4-8-17(9-5-15)14-19(21(25)22-12-13-26-3)23-20(24)18-10-6-16(2)7-11-18/h4-11,14H,12-13H2,1-3H3,(H,22,25)(H,23,24)/b19-14-. The van der Waals surface area contributed by atoms with Crippen LogP contribution >= 0.6 is 0 Å². The molecule has 0 bridgehead atoms. The van der Waals surface area contributed by atoms with Gasteiger partial charge in [0.25, 0.3) is 11.8 Å². The third-order valence-electron chi connectivity index (χ3n) is 3.79. The van der Waals surface area contributed by atoms with Gasteiger partial charge >= 0.3 is 0 Å². The Morgan fingerprint density at radius 2 is 1.54 bits per heavy atom. The number of rotatable bonds is 7. The van der Waals surface area contributed by atoms with Crippen LogP contribution in [0.1, 0.15) is 27.0 Å². The third kappa shape index (κ3) is 5.86. The molecule has 0 spiro atoms. The fourth-order valence-corrected chi connectivity index (χ4v) is 2.25. The summed E-state index contributed by atoms with van der Waals surface area (Å²) in [5.74, 6) is -0.687. The molecule has 0 aliphatic heterocycles. The van der Waals surface area contributed by atoms with Gasteiger partial charge < -0.3 is 15.4 Å². The van der Waals surface area contributed by atoms with Crippen molar-refractivity contribution >= 4 is 17.9 Å². The van der Waals surface area contributed by atoms with Gasteiger partial charge in [-0.3, -0.25) is 9.59 Å². The van der Waals surface area contributed by atoms with Crippen LogP contribution in [0.4, 0.5) is 0 Å². The molecule has 0 aliphatic rings. The zero-order valence-electron chi connectivity index (χ0n) is 15.3. The summed E-state index contributed by atoms with van der Waals surface area (Å²) in [5.41, 5.74) is 3.70. The Labute approximate surface area is 154 Å². The number of carbonyl (C=O) groups is 2. The number of hydrogen-bond acceptors (Lipinski definition) is 3. The minimum atomic E-state index is -0.358. The molecule has 0 fully saturated rings. The summed E-state index contributed by atoms with van der Waals surface area (Å²) >= 11 is 0. The molecule has 0 saturated heterocycles. The highest BCUT2D eigenvalue weighted by Gasteiger charge is 2.14. The lowest BCUT2D eigenvalue weighted by atomic mass is 10.1. The number of amides is 2. The Bertz CT molecular complexity index is 778. The van der Waals surface area contributed by atoms with Crippen molar-refractivity contribution in [2.45, 2.75) is 13.8 Å². The molecule has 0 aromatic heterocycles. The van der Waals surface area contributed by atoms with Gasteiger partial charge in [-0.15, -0.1) is 0 Å². The van der Waals surface area contributed by atoms with Crippen molar-refractivity contribution < 1.29 is 14.3 Å². The minimum absolute atomic E-state index is 0.190. The SMILES string of the molecule is COCCNC(=O)/C(=C/c1ccc(C)cc1)NC(=O)c1ccc(C)cc1. The first-order chi connectivity index (χ1) is 12.5. The van der Waals surface area contributed by atoms with Crippen molar-refractivity contribution in [1.29, 1.82) is 0 Å². The van der Waals surface area contributed by atoms with Crippen LogP contribution in [0.15, 0.2) is 54.2 Å². The van der Waals surface area contributed by atoms with Crippen molar-refractivity contribution in [3.63, 3.8) is 0 Å². The first kappa shape index (κ1) is 19.4. The van der Waals surface area contributed by atoms with Crippen LogP contribution in [0.2, 0.25) is 0 Å². The number of aryl methyl sites for hydroxylation is 2. The van der Waals surface area contributed by atoms with E-state index in [9.17, 15) is 9.59 Å². The Balaban J connectivity index is 2.21. The molecule has 136 valence electrons. The van der Waals surface area contributed by atoms with Gasteiger partial charge in [0, 0.05) is 19.2 Å². The number of nitrogens with one attached hydrogen (secondary N) is 2. The Morgan fingerprint density at radius 1 is 0.962 bits per heavy atom. The zero-order valence-corrected chi connectivity index (χ0v) is 15.3. The molecule has 2 aromatic carbocycles. The highest BCUT2D eigenvalue weighted by molar-refractivity contribution is 6.05. The Hall–Kier alpha value is -2.92. The van der Waals surface area contributed by atoms with E-state index in [2.05, 4.69) is 10.6 Å². The maximum Gasteiger partial charge on any atom is 0.267 e. The molecule has 2 amide bonds. The van der Waals surface area contributed by atoms with Gasteiger partial charge in [0.15, 0.2) is 0 Å². The van der Waals surface area contributed by atoms with Crippen LogP contribution in [0, 0.1) is 13.8 Å². The lowest BCUT2D eigenvalue weighted by molar-refractivity contribution is -0.117. The van der Waals surface area contributed by atoms with Crippen LogP contribution in [-0.4, -0.2) is 32.1 Å². The second kappa shape index (κ2) is 9.53. The quantitative estimate of drug-likeness (QED) is 0.595. The maximum absolute atomic E-state index is 12.5. The van der Waals surface area contributed by atoms with E-state index in [1.54, 1.807) is 25.3 Å².